The molecule has 3 heterocycles. The van der Waals surface area contributed by atoms with Crippen molar-refractivity contribution in [1.82, 2.24) is 14.5 Å². The van der Waals surface area contributed by atoms with Crippen LogP contribution in [-0.4, -0.2) is 14.5 Å². The molecule has 0 aliphatic heterocycles. The van der Waals surface area contributed by atoms with Crippen molar-refractivity contribution in [3.05, 3.63) is 82.9 Å². The fourth-order valence-corrected chi connectivity index (χ4v) is 3.27. The minimum Gasteiger partial charge on any atom is -0.345 e. The molecule has 0 atom stereocenters. The van der Waals surface area contributed by atoms with Gasteiger partial charge in [-0.05, 0) is 56.7 Å². The summed E-state index contributed by atoms with van der Waals surface area (Å²) in [5, 5.41) is 1.05. The molecule has 3 heteroatoms. The fraction of sp³-hybridized carbons (Fsp3) is 0.136. The molecule has 25 heavy (non-hydrogen) atoms. The van der Waals surface area contributed by atoms with Crippen molar-refractivity contribution in [3.63, 3.8) is 0 Å². The van der Waals surface area contributed by atoms with Crippen molar-refractivity contribution in [2.45, 2.75) is 20.8 Å². The lowest BCUT2D eigenvalue weighted by molar-refractivity contribution is 0.951. The van der Waals surface area contributed by atoms with Crippen molar-refractivity contribution >= 4 is 11.0 Å². The van der Waals surface area contributed by atoms with Gasteiger partial charge in [-0.25, -0.2) is 4.98 Å². The van der Waals surface area contributed by atoms with Crippen LogP contribution in [-0.2, 0) is 0 Å². The van der Waals surface area contributed by atoms with Crippen LogP contribution in [0.25, 0.3) is 16.7 Å². The predicted molar refractivity (Wildman–Crippen MR) is 102 cm³/mol. The van der Waals surface area contributed by atoms with Crippen LogP contribution in [0.15, 0.2) is 54.9 Å². The van der Waals surface area contributed by atoms with E-state index in [0.29, 0.717) is 0 Å². The molecule has 0 aliphatic rings. The van der Waals surface area contributed by atoms with Crippen molar-refractivity contribution < 1.29 is 0 Å². The predicted octanol–water partition coefficient (Wildman–Crippen LogP) is 4.68. The first kappa shape index (κ1) is 15.3. The molecular formula is C22H19N3. The molecule has 0 amide bonds. The first-order chi connectivity index (χ1) is 12.1. The topological polar surface area (TPSA) is 33.6 Å². The number of pyridine rings is 1. The molecule has 4 rings (SSSR count). The number of para-hydroxylation sites is 1. The molecule has 1 N–H and O–H groups in total. The van der Waals surface area contributed by atoms with Crippen LogP contribution in [0.5, 0.6) is 0 Å². The summed E-state index contributed by atoms with van der Waals surface area (Å²) in [6, 6.07) is 14.5. The number of aryl methyl sites for hydroxylation is 3. The van der Waals surface area contributed by atoms with E-state index in [-0.39, 0.29) is 0 Å². The molecule has 3 nitrogen and oxygen atoms in total. The van der Waals surface area contributed by atoms with Gasteiger partial charge in [-0.3, -0.25) is 0 Å². The van der Waals surface area contributed by atoms with Gasteiger partial charge >= 0.3 is 0 Å². The summed E-state index contributed by atoms with van der Waals surface area (Å²) in [5.41, 5.74) is 7.67. The van der Waals surface area contributed by atoms with E-state index in [1.54, 1.807) is 6.20 Å². The molecule has 0 saturated heterocycles. The average molecular weight is 325 g/mol. The molecule has 0 bridgehead atoms. The van der Waals surface area contributed by atoms with E-state index in [9.17, 15) is 0 Å². The summed E-state index contributed by atoms with van der Waals surface area (Å²) < 4.78 is 2.27. The monoisotopic (exact) mass is 325 g/mol. The maximum absolute atomic E-state index is 4.32. The van der Waals surface area contributed by atoms with Gasteiger partial charge in [-0.2, -0.15) is 0 Å². The van der Waals surface area contributed by atoms with Crippen LogP contribution in [0.3, 0.4) is 0 Å². The van der Waals surface area contributed by atoms with Gasteiger partial charge in [0.25, 0.3) is 0 Å². The zero-order chi connectivity index (χ0) is 17.4. The number of nitrogens with zero attached hydrogens (tertiary/aromatic N) is 2. The lowest BCUT2D eigenvalue weighted by atomic mass is 10.1. The first-order valence-electron chi connectivity index (χ1n) is 8.34. The van der Waals surface area contributed by atoms with E-state index in [0.717, 1.165) is 27.8 Å². The van der Waals surface area contributed by atoms with Gasteiger partial charge < -0.3 is 9.55 Å². The van der Waals surface area contributed by atoms with E-state index in [4.69, 9.17) is 0 Å². The summed E-state index contributed by atoms with van der Waals surface area (Å²) in [5.74, 6) is 6.69. The van der Waals surface area contributed by atoms with Crippen LogP contribution in [0.2, 0.25) is 0 Å². The second-order valence-corrected chi connectivity index (χ2v) is 6.27. The Bertz CT molecular complexity index is 1110. The van der Waals surface area contributed by atoms with Gasteiger partial charge in [0.1, 0.15) is 5.65 Å². The van der Waals surface area contributed by atoms with Crippen LogP contribution < -0.4 is 0 Å². The Hall–Kier alpha value is -3.25. The summed E-state index contributed by atoms with van der Waals surface area (Å²) in [6.07, 6.45) is 3.71. The molecule has 0 radical (unpaired) electrons. The largest absolute Gasteiger partial charge is 0.345 e. The highest BCUT2D eigenvalue weighted by molar-refractivity contribution is 5.83. The van der Waals surface area contributed by atoms with E-state index < -0.39 is 0 Å². The molecule has 0 fully saturated rings. The van der Waals surface area contributed by atoms with Gasteiger partial charge in [-0.1, -0.05) is 24.0 Å². The summed E-state index contributed by atoms with van der Waals surface area (Å²) in [7, 11) is 0. The molecule has 122 valence electrons. The second-order valence-electron chi connectivity index (χ2n) is 6.27. The van der Waals surface area contributed by atoms with Gasteiger partial charge in [0.2, 0.25) is 0 Å². The standard InChI is InChI=1S/C22H19N3/c1-15-6-4-7-18(21(15)25-16(2)9-10-17(25)3)11-12-19-14-24-22-20(19)8-5-13-23-22/h4-10,13-14H,1-3H3,(H,23,24). The van der Waals surface area contributed by atoms with Crippen molar-refractivity contribution in [1.29, 1.82) is 0 Å². The van der Waals surface area contributed by atoms with Gasteiger partial charge in [0.15, 0.2) is 0 Å². The number of H-pyrrole nitrogens is 1. The number of benzene rings is 1. The van der Waals surface area contributed by atoms with E-state index in [1.165, 1.54) is 17.0 Å². The summed E-state index contributed by atoms with van der Waals surface area (Å²) in [6.45, 7) is 6.39. The molecule has 0 unspecified atom stereocenters. The van der Waals surface area contributed by atoms with Crippen molar-refractivity contribution in [2.75, 3.05) is 0 Å². The quantitative estimate of drug-likeness (QED) is 0.507. The lowest BCUT2D eigenvalue weighted by Gasteiger charge is -2.14. The van der Waals surface area contributed by atoms with E-state index in [2.05, 4.69) is 77.5 Å². The fourth-order valence-electron chi connectivity index (χ4n) is 3.27. The SMILES string of the molecule is Cc1cccc(C#Cc2c[nH]c3ncccc23)c1-n1c(C)ccc1C. The third-order valence-corrected chi connectivity index (χ3v) is 4.52. The molecule has 4 aromatic rings. The highest BCUT2D eigenvalue weighted by atomic mass is 15.0. The minimum atomic E-state index is 0.869. The first-order valence-corrected chi connectivity index (χ1v) is 8.34. The van der Waals surface area contributed by atoms with Gasteiger partial charge in [0, 0.05) is 34.7 Å². The maximum atomic E-state index is 4.32. The number of hydrogen-bond donors (Lipinski definition) is 1. The third kappa shape index (κ3) is 2.62. The number of rotatable bonds is 1. The smallest absolute Gasteiger partial charge is 0.138 e. The normalized spacial score (nSPS) is 10.7. The van der Waals surface area contributed by atoms with Gasteiger partial charge in [-0.15, -0.1) is 0 Å². The Labute approximate surface area is 147 Å². The number of hydrogen-bond acceptors (Lipinski definition) is 1. The zero-order valence-electron chi connectivity index (χ0n) is 14.6. The van der Waals surface area contributed by atoms with Gasteiger partial charge in [0.05, 0.1) is 11.3 Å². The lowest BCUT2D eigenvalue weighted by Crippen LogP contribution is -2.04. The Kier molecular flexibility index (Phi) is 3.66. The van der Waals surface area contributed by atoms with E-state index >= 15 is 0 Å². The van der Waals surface area contributed by atoms with Crippen molar-refractivity contribution in [2.24, 2.45) is 0 Å². The van der Waals surface area contributed by atoms with E-state index in [1.807, 2.05) is 18.3 Å². The molecule has 0 spiro atoms. The molecule has 3 aromatic heterocycles. The summed E-state index contributed by atoms with van der Waals surface area (Å²) >= 11 is 0. The molecule has 1 aromatic carbocycles. The number of aromatic nitrogens is 3. The van der Waals surface area contributed by atoms with Crippen molar-refractivity contribution in [3.8, 4) is 17.5 Å². The third-order valence-electron chi connectivity index (χ3n) is 4.52. The van der Waals surface area contributed by atoms with Crippen LogP contribution >= 0.6 is 0 Å². The van der Waals surface area contributed by atoms with Crippen LogP contribution in [0.4, 0.5) is 0 Å². The second kappa shape index (κ2) is 5.99. The minimum absolute atomic E-state index is 0.869. The number of nitrogens with one attached hydrogen (secondary N) is 1. The Morgan fingerprint density at radius 2 is 1.64 bits per heavy atom. The van der Waals surface area contributed by atoms with Crippen LogP contribution in [0.1, 0.15) is 28.1 Å². The number of aromatic amines is 1. The van der Waals surface area contributed by atoms with Crippen LogP contribution in [0, 0.1) is 32.6 Å². The molecule has 0 saturated carbocycles. The Morgan fingerprint density at radius 1 is 0.880 bits per heavy atom. The zero-order valence-corrected chi connectivity index (χ0v) is 14.6. The number of fused-ring (bicyclic) bond motifs is 1. The Balaban J connectivity index is 1.87. The maximum Gasteiger partial charge on any atom is 0.138 e. The highest BCUT2D eigenvalue weighted by Gasteiger charge is 2.10. The highest BCUT2D eigenvalue weighted by Crippen LogP contribution is 2.24. The molecule has 0 aliphatic carbocycles. The average Bonchev–Trinajstić information content (AvgIpc) is 3.17. The summed E-state index contributed by atoms with van der Waals surface area (Å²) in [4.78, 5) is 7.50. The Morgan fingerprint density at radius 3 is 2.44 bits per heavy atom. The molecular weight excluding hydrogens is 306 g/mol.